The fraction of sp³-hybridized carbons (Fsp3) is 0.429. The molecule has 0 bridgehead atoms. The van der Waals surface area contributed by atoms with Crippen LogP contribution in [-0.4, -0.2) is 4.75 Å². The van der Waals surface area contributed by atoms with E-state index in [2.05, 4.69) is 0 Å². The van der Waals surface area contributed by atoms with Gasteiger partial charge < -0.3 is 4.74 Å². The molecular weight excluding hydrogens is 151 g/mol. The molecule has 0 spiro atoms. The standard InChI is InChI=1S/C7H9FOS/c1-6-5-7(2,10-8)3-4-9-6/h3-5H,1-2H3. The summed E-state index contributed by atoms with van der Waals surface area (Å²) < 4.78 is 16.7. The Balaban J connectivity index is 2.78. The van der Waals surface area contributed by atoms with Crippen molar-refractivity contribution in [2.45, 2.75) is 18.6 Å². The lowest BCUT2D eigenvalue weighted by Gasteiger charge is -2.19. The molecule has 0 saturated carbocycles. The number of allylic oxidation sites excluding steroid dienone is 1. The van der Waals surface area contributed by atoms with Gasteiger partial charge >= 0.3 is 0 Å². The van der Waals surface area contributed by atoms with E-state index in [0.29, 0.717) is 12.1 Å². The summed E-state index contributed by atoms with van der Waals surface area (Å²) in [6, 6.07) is 0. The molecule has 0 aliphatic carbocycles. The molecule has 1 nitrogen and oxygen atoms in total. The lowest BCUT2D eigenvalue weighted by atomic mass is 10.1. The Bertz CT molecular complexity index is 188. The number of rotatable bonds is 1. The average Bonchev–Trinajstić information content (AvgIpc) is 1.88. The summed E-state index contributed by atoms with van der Waals surface area (Å²) in [6.07, 6.45) is 4.95. The molecule has 1 aliphatic rings. The molecule has 0 saturated heterocycles. The van der Waals surface area contributed by atoms with E-state index in [-0.39, 0.29) is 0 Å². The highest BCUT2D eigenvalue weighted by atomic mass is 32.2. The van der Waals surface area contributed by atoms with Gasteiger partial charge in [0.1, 0.15) is 0 Å². The van der Waals surface area contributed by atoms with Gasteiger partial charge in [0.15, 0.2) is 0 Å². The summed E-state index contributed by atoms with van der Waals surface area (Å²) in [7, 11) is 0. The first-order valence-electron chi connectivity index (χ1n) is 3.00. The SMILES string of the molecule is CC1=CC(C)(SF)C=CO1. The van der Waals surface area contributed by atoms with Crippen LogP contribution in [0.4, 0.5) is 3.89 Å². The van der Waals surface area contributed by atoms with E-state index in [0.717, 1.165) is 5.76 Å². The number of halogens is 1. The molecule has 0 aromatic heterocycles. The third-order valence-electron chi connectivity index (χ3n) is 1.31. The van der Waals surface area contributed by atoms with Crippen LogP contribution in [-0.2, 0) is 4.74 Å². The zero-order valence-electron chi connectivity index (χ0n) is 5.93. The minimum Gasteiger partial charge on any atom is -0.470 e. The van der Waals surface area contributed by atoms with Crippen molar-refractivity contribution in [3.63, 3.8) is 0 Å². The van der Waals surface area contributed by atoms with E-state index in [1.165, 1.54) is 6.26 Å². The predicted molar refractivity (Wildman–Crippen MR) is 41.1 cm³/mol. The molecular formula is C7H9FOS. The van der Waals surface area contributed by atoms with Gasteiger partial charge in [-0.05, 0) is 26.0 Å². The minimum absolute atomic E-state index is 0.309. The normalized spacial score (nSPS) is 31.3. The van der Waals surface area contributed by atoms with Gasteiger partial charge in [-0.2, -0.15) is 3.89 Å². The fourth-order valence-electron chi connectivity index (χ4n) is 0.810. The second-order valence-electron chi connectivity index (χ2n) is 2.44. The lowest BCUT2D eigenvalue weighted by Crippen LogP contribution is -2.14. The van der Waals surface area contributed by atoms with Crippen LogP contribution in [0.25, 0.3) is 0 Å². The minimum atomic E-state index is -0.525. The summed E-state index contributed by atoms with van der Waals surface area (Å²) in [5.74, 6) is 0.746. The van der Waals surface area contributed by atoms with Gasteiger partial charge in [-0.25, -0.2) is 0 Å². The molecule has 1 aliphatic heterocycles. The Morgan fingerprint density at radius 1 is 1.70 bits per heavy atom. The lowest BCUT2D eigenvalue weighted by molar-refractivity contribution is 0.339. The molecule has 10 heavy (non-hydrogen) atoms. The molecule has 0 radical (unpaired) electrons. The first kappa shape index (κ1) is 7.66. The van der Waals surface area contributed by atoms with Gasteiger partial charge in [-0.3, -0.25) is 0 Å². The summed E-state index contributed by atoms with van der Waals surface area (Å²) in [5, 5.41) is 0. The molecule has 0 aromatic rings. The number of hydrogen-bond donors (Lipinski definition) is 0. The quantitative estimate of drug-likeness (QED) is 0.583. The molecule has 1 atom stereocenters. The van der Waals surface area contributed by atoms with Crippen molar-refractivity contribution < 1.29 is 8.62 Å². The Kier molecular flexibility index (Phi) is 2.04. The summed E-state index contributed by atoms with van der Waals surface area (Å²) in [4.78, 5) is 0. The van der Waals surface area contributed by atoms with Crippen molar-refractivity contribution in [3.8, 4) is 0 Å². The fourth-order valence-corrected chi connectivity index (χ4v) is 1.13. The first-order valence-corrected chi connectivity index (χ1v) is 3.71. The van der Waals surface area contributed by atoms with Gasteiger partial charge in [0.2, 0.25) is 0 Å². The first-order chi connectivity index (χ1) is 4.66. The Hall–Kier alpha value is -0.440. The molecule has 1 unspecified atom stereocenters. The zero-order valence-corrected chi connectivity index (χ0v) is 6.74. The highest BCUT2D eigenvalue weighted by molar-refractivity contribution is 7.96. The largest absolute Gasteiger partial charge is 0.470 e. The van der Waals surface area contributed by atoms with Crippen LogP contribution in [0.15, 0.2) is 24.2 Å². The molecule has 56 valence electrons. The van der Waals surface area contributed by atoms with E-state index >= 15 is 0 Å². The van der Waals surface area contributed by atoms with Crippen LogP contribution in [0.3, 0.4) is 0 Å². The Morgan fingerprint density at radius 2 is 2.40 bits per heavy atom. The highest BCUT2D eigenvalue weighted by Gasteiger charge is 2.22. The maximum atomic E-state index is 12.2. The van der Waals surface area contributed by atoms with Crippen molar-refractivity contribution >= 4 is 12.1 Å². The monoisotopic (exact) mass is 160 g/mol. The topological polar surface area (TPSA) is 9.23 Å². The van der Waals surface area contributed by atoms with Crippen LogP contribution in [0.1, 0.15) is 13.8 Å². The van der Waals surface area contributed by atoms with Crippen LogP contribution < -0.4 is 0 Å². The van der Waals surface area contributed by atoms with Gasteiger partial charge in [0, 0.05) is 0 Å². The van der Waals surface area contributed by atoms with Crippen LogP contribution in [0, 0.1) is 0 Å². The number of hydrogen-bond acceptors (Lipinski definition) is 2. The van der Waals surface area contributed by atoms with Crippen molar-refractivity contribution in [2.24, 2.45) is 0 Å². The summed E-state index contributed by atoms with van der Waals surface area (Å²) in [5.41, 5.74) is 0. The third kappa shape index (κ3) is 1.53. The highest BCUT2D eigenvalue weighted by Crippen LogP contribution is 2.32. The molecule has 1 rings (SSSR count). The van der Waals surface area contributed by atoms with Gasteiger partial charge in [-0.1, -0.05) is 0 Å². The van der Waals surface area contributed by atoms with E-state index < -0.39 is 4.75 Å². The van der Waals surface area contributed by atoms with E-state index in [1.54, 1.807) is 26.0 Å². The average molecular weight is 160 g/mol. The van der Waals surface area contributed by atoms with Crippen molar-refractivity contribution in [3.05, 3.63) is 24.2 Å². The van der Waals surface area contributed by atoms with Crippen LogP contribution in [0.5, 0.6) is 0 Å². The summed E-state index contributed by atoms with van der Waals surface area (Å²) in [6.45, 7) is 3.60. The van der Waals surface area contributed by atoms with E-state index in [1.807, 2.05) is 0 Å². The summed E-state index contributed by atoms with van der Waals surface area (Å²) >= 11 is 0.309. The molecule has 1 heterocycles. The number of ether oxygens (including phenoxy) is 1. The van der Waals surface area contributed by atoms with Crippen LogP contribution >= 0.6 is 12.1 Å². The van der Waals surface area contributed by atoms with Crippen molar-refractivity contribution in [1.29, 1.82) is 0 Å². The van der Waals surface area contributed by atoms with Crippen molar-refractivity contribution in [2.75, 3.05) is 0 Å². The smallest absolute Gasteiger partial charge is 0.0979 e. The van der Waals surface area contributed by atoms with Gasteiger partial charge in [0.25, 0.3) is 0 Å². The maximum Gasteiger partial charge on any atom is 0.0979 e. The zero-order chi connectivity index (χ0) is 7.61. The molecule has 0 N–H and O–H groups in total. The van der Waals surface area contributed by atoms with Crippen LogP contribution in [0.2, 0.25) is 0 Å². The second-order valence-corrected chi connectivity index (χ2v) is 3.47. The third-order valence-corrected chi connectivity index (χ3v) is 1.90. The van der Waals surface area contributed by atoms with E-state index in [4.69, 9.17) is 4.74 Å². The second kappa shape index (κ2) is 2.66. The predicted octanol–water partition coefficient (Wildman–Crippen LogP) is 2.81. The Morgan fingerprint density at radius 3 is 2.80 bits per heavy atom. The van der Waals surface area contributed by atoms with E-state index in [9.17, 15) is 3.89 Å². The molecule has 0 fully saturated rings. The molecule has 0 aromatic carbocycles. The molecule has 0 amide bonds. The Labute approximate surface area is 64.2 Å². The maximum absolute atomic E-state index is 12.2. The van der Waals surface area contributed by atoms with Crippen molar-refractivity contribution in [1.82, 2.24) is 0 Å². The van der Waals surface area contributed by atoms with Gasteiger partial charge in [0.05, 0.1) is 28.9 Å². The van der Waals surface area contributed by atoms with Gasteiger partial charge in [-0.15, -0.1) is 0 Å². The molecule has 3 heteroatoms.